The lowest BCUT2D eigenvalue weighted by Crippen LogP contribution is -2.18. The minimum Gasteiger partial charge on any atom is -0.369 e. The molecule has 1 aromatic carbocycles. The second kappa shape index (κ2) is 6.29. The van der Waals surface area contributed by atoms with Crippen LogP contribution in [0.4, 0.5) is 10.1 Å². The summed E-state index contributed by atoms with van der Waals surface area (Å²) in [5.74, 6) is -0.212. The van der Waals surface area contributed by atoms with Crippen LogP contribution in [-0.4, -0.2) is 19.1 Å². The number of hydrogen-bond donors (Lipinski definition) is 1. The first-order chi connectivity index (χ1) is 9.19. The molecular formula is C15H18FN3. The van der Waals surface area contributed by atoms with Crippen LogP contribution >= 0.6 is 0 Å². The molecule has 0 amide bonds. The zero-order chi connectivity index (χ0) is 13.7. The Balaban J connectivity index is 2.16. The van der Waals surface area contributed by atoms with Crippen molar-refractivity contribution < 1.29 is 4.39 Å². The molecule has 0 spiro atoms. The Labute approximate surface area is 113 Å². The van der Waals surface area contributed by atoms with Crippen LogP contribution in [0.25, 0.3) is 0 Å². The first kappa shape index (κ1) is 13.5. The highest BCUT2D eigenvalue weighted by Gasteiger charge is 2.06. The van der Waals surface area contributed by atoms with Crippen molar-refractivity contribution in [3.05, 3.63) is 59.7 Å². The Morgan fingerprint density at radius 3 is 2.79 bits per heavy atom. The number of hydrogen-bond acceptors (Lipinski definition) is 3. The summed E-state index contributed by atoms with van der Waals surface area (Å²) in [7, 11) is 3.79. The molecule has 0 aliphatic heterocycles. The number of halogens is 1. The van der Waals surface area contributed by atoms with Gasteiger partial charge >= 0.3 is 0 Å². The zero-order valence-corrected chi connectivity index (χ0v) is 11.2. The average molecular weight is 259 g/mol. The van der Waals surface area contributed by atoms with Crippen LogP contribution in [0.1, 0.15) is 11.3 Å². The number of aromatic nitrogens is 1. The SMILES string of the molecule is CNCc1cc(F)cc(N(C)Cc2ccccn2)c1. The number of nitrogens with zero attached hydrogens (tertiary/aromatic N) is 2. The van der Waals surface area contributed by atoms with Gasteiger partial charge in [0.2, 0.25) is 0 Å². The van der Waals surface area contributed by atoms with E-state index < -0.39 is 0 Å². The third-order valence-electron chi connectivity index (χ3n) is 2.89. The Morgan fingerprint density at radius 1 is 1.26 bits per heavy atom. The van der Waals surface area contributed by atoms with Gasteiger partial charge in [-0.2, -0.15) is 0 Å². The molecule has 0 fully saturated rings. The van der Waals surface area contributed by atoms with Crippen molar-refractivity contribution in [1.29, 1.82) is 0 Å². The quantitative estimate of drug-likeness (QED) is 0.894. The number of anilines is 1. The highest BCUT2D eigenvalue weighted by atomic mass is 19.1. The lowest BCUT2D eigenvalue weighted by molar-refractivity contribution is 0.623. The fourth-order valence-electron chi connectivity index (χ4n) is 1.99. The van der Waals surface area contributed by atoms with Gasteiger partial charge in [-0.3, -0.25) is 4.98 Å². The molecule has 2 aromatic rings. The van der Waals surface area contributed by atoms with Crippen LogP contribution < -0.4 is 10.2 Å². The molecule has 2 rings (SSSR count). The predicted molar refractivity (Wildman–Crippen MR) is 75.5 cm³/mol. The maximum absolute atomic E-state index is 13.6. The maximum Gasteiger partial charge on any atom is 0.125 e. The van der Waals surface area contributed by atoms with Gasteiger partial charge in [0, 0.05) is 25.5 Å². The van der Waals surface area contributed by atoms with Crippen LogP contribution in [0.5, 0.6) is 0 Å². The Kier molecular flexibility index (Phi) is 4.47. The van der Waals surface area contributed by atoms with E-state index in [1.165, 1.54) is 0 Å². The van der Waals surface area contributed by atoms with Crippen molar-refractivity contribution in [2.24, 2.45) is 0 Å². The van der Waals surface area contributed by atoms with E-state index in [9.17, 15) is 4.39 Å². The largest absolute Gasteiger partial charge is 0.369 e. The van der Waals surface area contributed by atoms with E-state index in [4.69, 9.17) is 0 Å². The molecule has 100 valence electrons. The summed E-state index contributed by atoms with van der Waals surface area (Å²) in [6.45, 7) is 1.31. The lowest BCUT2D eigenvalue weighted by atomic mass is 10.1. The fourth-order valence-corrected chi connectivity index (χ4v) is 1.99. The molecule has 0 aliphatic carbocycles. The van der Waals surface area contributed by atoms with Gasteiger partial charge in [-0.25, -0.2) is 4.39 Å². The summed E-state index contributed by atoms with van der Waals surface area (Å²) in [6, 6.07) is 10.9. The third-order valence-corrected chi connectivity index (χ3v) is 2.89. The van der Waals surface area contributed by atoms with Crippen molar-refractivity contribution in [1.82, 2.24) is 10.3 Å². The van der Waals surface area contributed by atoms with Gasteiger partial charge in [0.25, 0.3) is 0 Å². The molecule has 1 N–H and O–H groups in total. The van der Waals surface area contributed by atoms with E-state index in [1.807, 2.05) is 43.3 Å². The van der Waals surface area contributed by atoms with Crippen LogP contribution in [0, 0.1) is 5.82 Å². The summed E-state index contributed by atoms with van der Waals surface area (Å²) in [4.78, 5) is 6.27. The van der Waals surface area contributed by atoms with Crippen molar-refractivity contribution in [2.75, 3.05) is 19.0 Å². The topological polar surface area (TPSA) is 28.2 Å². The van der Waals surface area contributed by atoms with Gasteiger partial charge in [-0.15, -0.1) is 0 Å². The summed E-state index contributed by atoms with van der Waals surface area (Å²) < 4.78 is 13.6. The number of rotatable bonds is 5. The van der Waals surface area contributed by atoms with Crippen LogP contribution in [0.15, 0.2) is 42.6 Å². The second-order valence-electron chi connectivity index (χ2n) is 4.53. The molecule has 1 aromatic heterocycles. The summed E-state index contributed by atoms with van der Waals surface area (Å²) in [6.07, 6.45) is 1.77. The summed E-state index contributed by atoms with van der Waals surface area (Å²) >= 11 is 0. The van der Waals surface area contributed by atoms with E-state index in [0.717, 1.165) is 16.9 Å². The minimum absolute atomic E-state index is 0.212. The van der Waals surface area contributed by atoms with Gasteiger partial charge in [0.05, 0.1) is 12.2 Å². The zero-order valence-electron chi connectivity index (χ0n) is 11.2. The van der Waals surface area contributed by atoms with Crippen molar-refractivity contribution >= 4 is 5.69 Å². The molecule has 0 saturated carbocycles. The normalized spacial score (nSPS) is 10.5. The molecule has 0 bridgehead atoms. The molecule has 19 heavy (non-hydrogen) atoms. The highest BCUT2D eigenvalue weighted by Crippen LogP contribution is 2.19. The number of pyridine rings is 1. The molecule has 0 radical (unpaired) electrons. The average Bonchev–Trinajstić information content (AvgIpc) is 2.39. The maximum atomic E-state index is 13.6. The third kappa shape index (κ3) is 3.76. The lowest BCUT2D eigenvalue weighted by Gasteiger charge is -2.20. The second-order valence-corrected chi connectivity index (χ2v) is 4.53. The Hall–Kier alpha value is -1.94. The molecule has 3 nitrogen and oxygen atoms in total. The minimum atomic E-state index is -0.212. The first-order valence-electron chi connectivity index (χ1n) is 6.24. The standard InChI is InChI=1S/C15H18FN3/c1-17-10-12-7-13(16)9-15(8-12)19(2)11-14-5-3-4-6-18-14/h3-9,17H,10-11H2,1-2H3. The van der Waals surface area contributed by atoms with Crippen molar-refractivity contribution in [3.8, 4) is 0 Å². The van der Waals surface area contributed by atoms with Gasteiger partial charge in [0.1, 0.15) is 5.82 Å². The van der Waals surface area contributed by atoms with E-state index in [2.05, 4.69) is 10.3 Å². The van der Waals surface area contributed by atoms with Crippen LogP contribution in [0.3, 0.4) is 0 Å². The highest BCUT2D eigenvalue weighted by molar-refractivity contribution is 5.48. The van der Waals surface area contributed by atoms with Gasteiger partial charge in [0.15, 0.2) is 0 Å². The number of nitrogens with one attached hydrogen (secondary N) is 1. The van der Waals surface area contributed by atoms with E-state index in [0.29, 0.717) is 13.1 Å². The Morgan fingerprint density at radius 2 is 2.11 bits per heavy atom. The van der Waals surface area contributed by atoms with Crippen LogP contribution in [0.2, 0.25) is 0 Å². The van der Waals surface area contributed by atoms with Crippen molar-refractivity contribution in [2.45, 2.75) is 13.1 Å². The monoisotopic (exact) mass is 259 g/mol. The predicted octanol–water partition coefficient (Wildman–Crippen LogP) is 2.58. The molecule has 0 atom stereocenters. The van der Waals surface area contributed by atoms with E-state index in [-0.39, 0.29) is 5.82 Å². The number of benzene rings is 1. The van der Waals surface area contributed by atoms with Crippen molar-refractivity contribution in [3.63, 3.8) is 0 Å². The smallest absolute Gasteiger partial charge is 0.125 e. The summed E-state index contributed by atoms with van der Waals surface area (Å²) in [5, 5.41) is 3.03. The molecule has 0 saturated heterocycles. The summed E-state index contributed by atoms with van der Waals surface area (Å²) in [5.41, 5.74) is 2.76. The van der Waals surface area contributed by atoms with E-state index >= 15 is 0 Å². The Bertz CT molecular complexity index is 528. The van der Waals surface area contributed by atoms with Gasteiger partial charge in [-0.05, 0) is 42.9 Å². The molecule has 0 unspecified atom stereocenters. The first-order valence-corrected chi connectivity index (χ1v) is 6.24. The van der Waals surface area contributed by atoms with Gasteiger partial charge in [-0.1, -0.05) is 6.07 Å². The van der Waals surface area contributed by atoms with E-state index in [1.54, 1.807) is 18.3 Å². The molecule has 1 heterocycles. The molecule has 0 aliphatic rings. The fraction of sp³-hybridized carbons (Fsp3) is 0.267. The van der Waals surface area contributed by atoms with Gasteiger partial charge < -0.3 is 10.2 Å². The van der Waals surface area contributed by atoms with Crippen LogP contribution in [-0.2, 0) is 13.1 Å². The molecular weight excluding hydrogens is 241 g/mol. The molecule has 4 heteroatoms.